The monoisotopic (exact) mass is 456 g/mol. The van der Waals surface area contributed by atoms with Crippen LogP contribution in [0.4, 0.5) is 0 Å². The van der Waals surface area contributed by atoms with E-state index in [2.05, 4.69) is 52.8 Å². The summed E-state index contributed by atoms with van der Waals surface area (Å²) >= 11 is 9.06. The van der Waals surface area contributed by atoms with E-state index in [1.54, 1.807) is 18.3 Å². The van der Waals surface area contributed by atoms with Gasteiger partial charge >= 0.3 is 0 Å². The third-order valence-corrected chi connectivity index (χ3v) is 7.41. The van der Waals surface area contributed by atoms with Crippen LogP contribution < -0.4 is 0 Å². The molecule has 1 aromatic heterocycles. The summed E-state index contributed by atoms with van der Waals surface area (Å²) in [6.45, 7) is 0. The predicted octanol–water partition coefficient (Wildman–Crippen LogP) is 3.44. The van der Waals surface area contributed by atoms with Crippen LogP contribution in [-0.2, 0) is 9.84 Å². The van der Waals surface area contributed by atoms with Crippen molar-refractivity contribution in [2.75, 3.05) is 0 Å². The maximum Gasteiger partial charge on any atom is 0.248 e. The van der Waals surface area contributed by atoms with Crippen LogP contribution in [0.3, 0.4) is 0 Å². The van der Waals surface area contributed by atoms with Gasteiger partial charge < -0.3 is 0 Å². The summed E-state index contributed by atoms with van der Waals surface area (Å²) in [5.41, 5.74) is 0.727. The molecule has 0 aliphatic carbocycles. The molecule has 4 nitrogen and oxygen atoms in total. The van der Waals surface area contributed by atoms with E-state index in [0.717, 1.165) is 5.69 Å². The van der Waals surface area contributed by atoms with Crippen molar-refractivity contribution in [3.05, 3.63) is 42.7 Å². The van der Waals surface area contributed by atoms with Crippen LogP contribution in [0.2, 0.25) is 0 Å². The van der Waals surface area contributed by atoms with Crippen LogP contribution in [0.1, 0.15) is 0 Å². The van der Waals surface area contributed by atoms with E-state index in [-0.39, 0.29) is 5.16 Å². The maximum atomic E-state index is 12.3. The first kappa shape index (κ1) is 14.2. The number of hydrogen-bond donors (Lipinski definition) is 0. The zero-order valence-electron chi connectivity index (χ0n) is 8.79. The van der Waals surface area contributed by atoms with E-state index >= 15 is 0 Å². The Morgan fingerprint density at radius 2 is 1.72 bits per heavy atom. The van der Waals surface area contributed by atoms with Crippen molar-refractivity contribution in [1.82, 2.24) is 9.55 Å². The third kappa shape index (κ3) is 2.56. The number of imidazole rings is 1. The third-order valence-electron chi connectivity index (χ3n) is 2.19. The molecule has 0 radical (unpaired) electrons. The number of sulfone groups is 1. The number of nitrogens with zero attached hydrogens (tertiary/aromatic N) is 2. The second kappa shape index (κ2) is 5.07. The van der Waals surface area contributed by atoms with E-state index < -0.39 is 11.3 Å². The van der Waals surface area contributed by atoms with Gasteiger partial charge in [0, 0.05) is 18.1 Å². The number of hydrogen-bond acceptors (Lipinski definition) is 3. The van der Waals surface area contributed by atoms with Gasteiger partial charge in [0.2, 0.25) is 16.5 Å². The second-order valence-electron chi connectivity index (χ2n) is 3.36. The van der Waals surface area contributed by atoms with Crippen molar-refractivity contribution in [3.8, 4) is 5.69 Å². The first-order chi connectivity index (χ1) is 8.34. The van der Waals surface area contributed by atoms with Gasteiger partial charge in [-0.15, -0.1) is 0 Å². The summed E-state index contributed by atoms with van der Waals surface area (Å²) in [6, 6.07) is 9.13. The Morgan fingerprint density at radius 1 is 1.11 bits per heavy atom. The quantitative estimate of drug-likeness (QED) is 0.648. The van der Waals surface area contributed by atoms with E-state index in [4.69, 9.17) is 0 Å². The summed E-state index contributed by atoms with van der Waals surface area (Å²) in [5.74, 6) is 0. The zero-order chi connectivity index (χ0) is 13.4. The molecule has 0 fully saturated rings. The molecule has 96 valence electrons. The fraction of sp³-hybridized carbons (Fsp3) is 0.100. The highest BCUT2D eigenvalue weighted by Gasteiger charge is 2.40. The highest BCUT2D eigenvalue weighted by Crippen LogP contribution is 2.42. The lowest BCUT2D eigenvalue weighted by Gasteiger charge is -2.14. The lowest BCUT2D eigenvalue weighted by molar-refractivity contribution is 0.587. The van der Waals surface area contributed by atoms with E-state index in [1.807, 2.05) is 18.2 Å². The summed E-state index contributed by atoms with van der Waals surface area (Å²) in [7, 11) is -3.71. The normalized spacial score (nSPS) is 12.6. The van der Waals surface area contributed by atoms with Gasteiger partial charge in [-0.1, -0.05) is 18.2 Å². The molecule has 8 heteroatoms. The molecule has 0 spiro atoms. The summed E-state index contributed by atoms with van der Waals surface area (Å²) in [4.78, 5) is 3.92. The van der Waals surface area contributed by atoms with Crippen LogP contribution in [-0.4, -0.2) is 19.4 Å². The molecule has 0 N–H and O–H groups in total. The number of para-hydroxylation sites is 1. The molecular weight excluding hydrogens is 452 g/mol. The molecule has 0 amide bonds. The SMILES string of the molecule is O=S(=O)(c1nccn1-c1ccccc1)C(Br)(Br)Br. The molecule has 0 saturated carbocycles. The minimum Gasteiger partial charge on any atom is -0.291 e. The van der Waals surface area contributed by atoms with Crippen LogP contribution in [0, 0.1) is 0 Å². The molecule has 0 bridgehead atoms. The van der Waals surface area contributed by atoms with Crippen molar-refractivity contribution in [2.24, 2.45) is 0 Å². The molecule has 1 heterocycles. The average molecular weight is 459 g/mol. The molecule has 0 atom stereocenters. The van der Waals surface area contributed by atoms with Crippen LogP contribution in [0.5, 0.6) is 0 Å². The van der Waals surface area contributed by atoms with Crippen LogP contribution in [0.15, 0.2) is 47.9 Å². The van der Waals surface area contributed by atoms with Gasteiger partial charge in [0.25, 0.3) is 0 Å². The van der Waals surface area contributed by atoms with Crippen molar-refractivity contribution in [2.45, 2.75) is 6.63 Å². The Hall–Kier alpha value is -0.180. The second-order valence-corrected chi connectivity index (χ2v) is 13.7. The van der Waals surface area contributed by atoms with Gasteiger partial charge in [-0.2, -0.15) is 0 Å². The van der Waals surface area contributed by atoms with E-state index in [1.165, 1.54) is 10.8 Å². The first-order valence-electron chi connectivity index (χ1n) is 4.74. The maximum absolute atomic E-state index is 12.3. The number of benzene rings is 1. The Balaban J connectivity index is 2.61. The zero-order valence-corrected chi connectivity index (χ0v) is 14.4. The van der Waals surface area contributed by atoms with Gasteiger partial charge in [0.1, 0.15) is 0 Å². The Bertz CT molecular complexity index is 647. The highest BCUT2D eigenvalue weighted by molar-refractivity contribution is 9.42. The topological polar surface area (TPSA) is 52.0 Å². The molecule has 18 heavy (non-hydrogen) atoms. The van der Waals surface area contributed by atoms with Crippen molar-refractivity contribution in [3.63, 3.8) is 0 Å². The Kier molecular flexibility index (Phi) is 4.01. The molecule has 0 aliphatic heterocycles. The minimum absolute atomic E-state index is 0.0562. The lowest BCUT2D eigenvalue weighted by Crippen LogP contribution is -2.21. The number of rotatable bonds is 2. The summed E-state index contributed by atoms with van der Waals surface area (Å²) < 4.78 is 24.6. The lowest BCUT2D eigenvalue weighted by atomic mass is 10.3. The number of alkyl halides is 3. The molecule has 2 aromatic rings. The predicted molar refractivity (Wildman–Crippen MR) is 80.3 cm³/mol. The Morgan fingerprint density at radius 3 is 2.28 bits per heavy atom. The molecule has 0 saturated heterocycles. The van der Waals surface area contributed by atoms with Gasteiger partial charge in [-0.05, 0) is 59.9 Å². The van der Waals surface area contributed by atoms with Crippen molar-refractivity contribution in [1.29, 1.82) is 0 Å². The van der Waals surface area contributed by atoms with Gasteiger partial charge in [0.05, 0.1) is 0 Å². The smallest absolute Gasteiger partial charge is 0.248 e. The van der Waals surface area contributed by atoms with Gasteiger partial charge in [-0.25, -0.2) is 13.4 Å². The summed E-state index contributed by atoms with van der Waals surface area (Å²) in [5, 5.41) is -0.0562. The molecule has 2 rings (SSSR count). The summed E-state index contributed by atoms with van der Waals surface area (Å²) in [6.07, 6.45) is 3.04. The fourth-order valence-corrected chi connectivity index (χ4v) is 3.51. The fourth-order valence-electron chi connectivity index (χ4n) is 1.38. The average Bonchev–Trinajstić information content (AvgIpc) is 2.78. The van der Waals surface area contributed by atoms with Gasteiger partial charge in [-0.3, -0.25) is 4.57 Å². The molecule has 1 aromatic carbocycles. The largest absolute Gasteiger partial charge is 0.291 e. The highest BCUT2D eigenvalue weighted by atomic mass is 80.0. The molecule has 0 unspecified atom stereocenters. The first-order valence-corrected chi connectivity index (χ1v) is 8.60. The van der Waals surface area contributed by atoms with E-state index in [0.29, 0.717) is 0 Å². The van der Waals surface area contributed by atoms with Gasteiger partial charge in [0.15, 0.2) is 0 Å². The molecular formula is C10H7Br3N2O2S. The number of halogens is 3. The van der Waals surface area contributed by atoms with Crippen LogP contribution >= 0.6 is 47.8 Å². The standard InChI is InChI=1S/C10H7Br3N2O2S/c11-10(12,13)18(16,17)9-14-6-7-15(9)8-4-2-1-3-5-8/h1-7H. The number of aromatic nitrogens is 2. The van der Waals surface area contributed by atoms with Crippen molar-refractivity contribution >= 4 is 57.6 Å². The minimum atomic E-state index is -3.71. The Labute approximate surface area is 130 Å². The van der Waals surface area contributed by atoms with Crippen molar-refractivity contribution < 1.29 is 8.42 Å². The van der Waals surface area contributed by atoms with Crippen LogP contribution in [0.25, 0.3) is 5.69 Å². The van der Waals surface area contributed by atoms with E-state index in [9.17, 15) is 8.42 Å². The molecule has 0 aliphatic rings.